The lowest BCUT2D eigenvalue weighted by Crippen LogP contribution is -2.18. The summed E-state index contributed by atoms with van der Waals surface area (Å²) in [7, 11) is 0. The van der Waals surface area contributed by atoms with Gasteiger partial charge in [-0.05, 0) is 67.3 Å². The highest BCUT2D eigenvalue weighted by Gasteiger charge is 2.13. The number of carbonyl (C=O) groups is 1. The predicted molar refractivity (Wildman–Crippen MR) is 108 cm³/mol. The van der Waals surface area contributed by atoms with Crippen LogP contribution in [0.5, 0.6) is 5.75 Å². The monoisotopic (exact) mass is 361 g/mol. The molecule has 1 amide bonds. The van der Waals surface area contributed by atoms with Gasteiger partial charge in [-0.2, -0.15) is 5.26 Å². The summed E-state index contributed by atoms with van der Waals surface area (Å²) in [4.78, 5) is 14.6. The highest BCUT2D eigenvalue weighted by Crippen LogP contribution is 2.25. The second-order valence-electron chi connectivity index (χ2n) is 6.53. The first-order valence-electron chi connectivity index (χ1n) is 9.10. The molecule has 0 spiro atoms. The first kappa shape index (κ1) is 18.5. The van der Waals surface area contributed by atoms with Crippen LogP contribution in [0.25, 0.3) is 6.08 Å². The normalized spacial score (nSPS) is 13.6. The number of benzene rings is 2. The molecule has 0 aromatic heterocycles. The van der Waals surface area contributed by atoms with E-state index in [9.17, 15) is 4.79 Å². The van der Waals surface area contributed by atoms with Crippen LogP contribution in [-0.2, 0) is 4.79 Å². The lowest BCUT2D eigenvalue weighted by Gasteiger charge is -2.19. The first-order valence-corrected chi connectivity index (χ1v) is 9.10. The van der Waals surface area contributed by atoms with Crippen molar-refractivity contribution in [3.05, 3.63) is 59.7 Å². The molecule has 138 valence electrons. The van der Waals surface area contributed by atoms with Crippen LogP contribution in [0.15, 0.2) is 48.5 Å². The average molecular weight is 361 g/mol. The van der Waals surface area contributed by atoms with Crippen LogP contribution in [0, 0.1) is 18.3 Å². The number of aryl methyl sites for hydroxylation is 1. The molecule has 1 N–H and O–H groups in total. The molecule has 0 aliphatic carbocycles. The molecule has 1 heterocycles. The summed E-state index contributed by atoms with van der Waals surface area (Å²) in [6, 6.07) is 15.3. The van der Waals surface area contributed by atoms with Gasteiger partial charge in [-0.3, -0.25) is 4.79 Å². The van der Waals surface area contributed by atoms with E-state index in [1.54, 1.807) is 18.2 Å². The lowest BCUT2D eigenvalue weighted by molar-refractivity contribution is -0.111. The maximum Gasteiger partial charge on any atom is 0.248 e. The number of nitriles is 1. The van der Waals surface area contributed by atoms with E-state index in [0.29, 0.717) is 5.75 Å². The smallest absolute Gasteiger partial charge is 0.248 e. The molecule has 0 atom stereocenters. The van der Waals surface area contributed by atoms with Gasteiger partial charge in [0.15, 0.2) is 6.61 Å². The van der Waals surface area contributed by atoms with Gasteiger partial charge in [-0.15, -0.1) is 0 Å². The molecule has 2 aromatic rings. The molecule has 1 saturated heterocycles. The molecule has 1 aliphatic heterocycles. The lowest BCUT2D eigenvalue weighted by atomic mass is 10.1. The highest BCUT2D eigenvalue weighted by molar-refractivity contribution is 6.02. The van der Waals surface area contributed by atoms with Crippen LogP contribution in [0.1, 0.15) is 24.0 Å². The largest absolute Gasteiger partial charge is 0.479 e. The summed E-state index contributed by atoms with van der Waals surface area (Å²) in [5, 5.41) is 11.4. The van der Waals surface area contributed by atoms with E-state index in [4.69, 9.17) is 10.00 Å². The van der Waals surface area contributed by atoms with Crippen molar-refractivity contribution in [2.75, 3.05) is 29.9 Å². The minimum absolute atomic E-state index is 0.0213. The second kappa shape index (κ2) is 8.91. The van der Waals surface area contributed by atoms with Gasteiger partial charge in [-0.25, -0.2) is 0 Å². The number of hydrogen-bond acceptors (Lipinski definition) is 4. The minimum atomic E-state index is -0.170. The molecule has 0 bridgehead atoms. The van der Waals surface area contributed by atoms with Crippen LogP contribution in [0.2, 0.25) is 0 Å². The van der Waals surface area contributed by atoms with Crippen molar-refractivity contribution >= 4 is 23.4 Å². The number of hydrogen-bond donors (Lipinski definition) is 1. The Morgan fingerprint density at radius 3 is 2.63 bits per heavy atom. The average Bonchev–Trinajstić information content (AvgIpc) is 3.22. The Hall–Kier alpha value is -3.26. The summed E-state index contributed by atoms with van der Waals surface area (Å²) in [6.07, 6.45) is 5.75. The third-order valence-electron chi connectivity index (χ3n) is 4.55. The molecule has 3 rings (SSSR count). The molecule has 2 aromatic carbocycles. The van der Waals surface area contributed by atoms with E-state index >= 15 is 0 Å². The zero-order chi connectivity index (χ0) is 19.1. The van der Waals surface area contributed by atoms with Gasteiger partial charge in [0.1, 0.15) is 11.8 Å². The number of nitrogens with zero attached hydrogens (tertiary/aromatic N) is 2. The van der Waals surface area contributed by atoms with Crippen LogP contribution in [0.3, 0.4) is 0 Å². The third kappa shape index (κ3) is 5.11. The number of ether oxygens (including phenoxy) is 1. The fraction of sp³-hybridized carbons (Fsp3) is 0.273. The minimum Gasteiger partial charge on any atom is -0.479 e. The van der Waals surface area contributed by atoms with Gasteiger partial charge in [0.2, 0.25) is 5.91 Å². The zero-order valence-electron chi connectivity index (χ0n) is 15.4. The van der Waals surface area contributed by atoms with Crippen molar-refractivity contribution in [2.45, 2.75) is 19.8 Å². The third-order valence-corrected chi connectivity index (χ3v) is 4.55. The molecular weight excluding hydrogens is 338 g/mol. The van der Waals surface area contributed by atoms with Gasteiger partial charge < -0.3 is 15.0 Å². The van der Waals surface area contributed by atoms with E-state index in [1.807, 2.05) is 31.2 Å². The Balaban J connectivity index is 1.58. The summed E-state index contributed by atoms with van der Waals surface area (Å²) >= 11 is 0. The quantitative estimate of drug-likeness (QED) is 0.785. The van der Waals surface area contributed by atoms with E-state index in [2.05, 4.69) is 22.3 Å². The molecule has 0 radical (unpaired) electrons. The van der Waals surface area contributed by atoms with Crippen LogP contribution in [-0.4, -0.2) is 25.6 Å². The van der Waals surface area contributed by atoms with E-state index < -0.39 is 0 Å². The van der Waals surface area contributed by atoms with Crippen molar-refractivity contribution in [3.8, 4) is 11.8 Å². The van der Waals surface area contributed by atoms with Crippen molar-refractivity contribution in [2.24, 2.45) is 0 Å². The van der Waals surface area contributed by atoms with Gasteiger partial charge in [0.25, 0.3) is 0 Å². The van der Waals surface area contributed by atoms with Crippen molar-refractivity contribution in [1.29, 1.82) is 5.26 Å². The number of amides is 1. The predicted octanol–water partition coefficient (Wildman–Crippen LogP) is 4.15. The Morgan fingerprint density at radius 1 is 1.22 bits per heavy atom. The standard InChI is InChI=1S/C22H23N3O2/c1-17-16-19(25-13-2-3-14-25)7-10-21(17)24-22(26)11-6-18-4-8-20(9-5-18)27-15-12-23/h4-11,16H,2-3,13-15H2,1H3,(H,24,26)/b11-6+. The van der Waals surface area contributed by atoms with Gasteiger partial charge in [0.05, 0.1) is 0 Å². The van der Waals surface area contributed by atoms with Gasteiger partial charge >= 0.3 is 0 Å². The summed E-state index contributed by atoms with van der Waals surface area (Å²) in [6.45, 7) is 4.24. The number of carbonyl (C=O) groups excluding carboxylic acids is 1. The van der Waals surface area contributed by atoms with Crippen molar-refractivity contribution in [3.63, 3.8) is 0 Å². The first-order chi connectivity index (χ1) is 13.2. The van der Waals surface area contributed by atoms with E-state index in [1.165, 1.54) is 24.6 Å². The van der Waals surface area contributed by atoms with Crippen LogP contribution < -0.4 is 15.0 Å². The maximum absolute atomic E-state index is 12.2. The van der Waals surface area contributed by atoms with Crippen molar-refractivity contribution in [1.82, 2.24) is 0 Å². The second-order valence-corrected chi connectivity index (χ2v) is 6.53. The molecular formula is C22H23N3O2. The summed E-state index contributed by atoms with van der Waals surface area (Å²) in [5.41, 5.74) is 3.99. The summed E-state index contributed by atoms with van der Waals surface area (Å²) in [5.74, 6) is 0.462. The molecule has 5 heteroatoms. The molecule has 5 nitrogen and oxygen atoms in total. The number of anilines is 2. The number of nitrogens with one attached hydrogen (secondary N) is 1. The summed E-state index contributed by atoms with van der Waals surface area (Å²) < 4.78 is 5.21. The van der Waals surface area contributed by atoms with Gasteiger partial charge in [0, 0.05) is 30.5 Å². The van der Waals surface area contributed by atoms with Gasteiger partial charge in [-0.1, -0.05) is 12.1 Å². The SMILES string of the molecule is Cc1cc(N2CCCC2)ccc1NC(=O)/C=C/c1ccc(OCC#N)cc1. The Labute approximate surface area is 159 Å². The zero-order valence-corrected chi connectivity index (χ0v) is 15.4. The van der Waals surface area contributed by atoms with Crippen LogP contribution in [0.4, 0.5) is 11.4 Å². The Bertz CT molecular complexity index is 860. The molecule has 1 fully saturated rings. The topological polar surface area (TPSA) is 65.4 Å². The Kier molecular flexibility index (Phi) is 6.11. The fourth-order valence-corrected chi connectivity index (χ4v) is 3.10. The highest BCUT2D eigenvalue weighted by atomic mass is 16.5. The molecule has 0 unspecified atom stereocenters. The molecule has 0 saturated carbocycles. The molecule has 1 aliphatic rings. The fourth-order valence-electron chi connectivity index (χ4n) is 3.10. The number of rotatable bonds is 6. The Morgan fingerprint density at radius 2 is 1.96 bits per heavy atom. The molecule has 27 heavy (non-hydrogen) atoms. The maximum atomic E-state index is 12.2. The van der Waals surface area contributed by atoms with E-state index in [-0.39, 0.29) is 12.5 Å². The van der Waals surface area contributed by atoms with Crippen molar-refractivity contribution < 1.29 is 9.53 Å². The van der Waals surface area contributed by atoms with E-state index in [0.717, 1.165) is 29.9 Å². The van der Waals surface area contributed by atoms with Crippen LogP contribution >= 0.6 is 0 Å².